The van der Waals surface area contributed by atoms with Crippen LogP contribution in [0.1, 0.15) is 34.5 Å². The van der Waals surface area contributed by atoms with E-state index in [1.54, 1.807) is 4.90 Å². The van der Waals surface area contributed by atoms with Crippen molar-refractivity contribution in [3.63, 3.8) is 0 Å². The zero-order chi connectivity index (χ0) is 17.6. The van der Waals surface area contributed by atoms with Crippen LogP contribution in [0.25, 0.3) is 10.9 Å². The first-order valence-electron chi connectivity index (χ1n) is 8.81. The van der Waals surface area contributed by atoms with Gasteiger partial charge in [-0.1, -0.05) is 0 Å². The zero-order valence-corrected chi connectivity index (χ0v) is 15.2. The number of nitrogens with one attached hydrogen (secondary N) is 1. The number of aryl methyl sites for hydroxylation is 2. The first-order chi connectivity index (χ1) is 11.9. The van der Waals surface area contributed by atoms with E-state index in [4.69, 9.17) is 0 Å². The highest BCUT2D eigenvalue weighted by atomic mass is 32.2. The van der Waals surface area contributed by atoms with Gasteiger partial charge >= 0.3 is 0 Å². The van der Waals surface area contributed by atoms with Gasteiger partial charge in [-0.15, -0.1) is 0 Å². The van der Waals surface area contributed by atoms with Gasteiger partial charge in [-0.05, 0) is 49.4 Å². The molecule has 0 bridgehead atoms. The molecule has 0 atom stereocenters. The fraction of sp³-hybridized carbons (Fsp3) is 0.500. The minimum Gasteiger partial charge on any atom is -0.358 e. The topological polar surface area (TPSA) is 73.5 Å². The first kappa shape index (κ1) is 16.6. The van der Waals surface area contributed by atoms with Crippen molar-refractivity contribution in [3.8, 4) is 0 Å². The number of carbonyl (C=O) groups is 1. The molecule has 1 N–H and O–H groups in total. The van der Waals surface area contributed by atoms with Crippen molar-refractivity contribution in [1.82, 2.24) is 14.2 Å². The summed E-state index contributed by atoms with van der Waals surface area (Å²) in [6.07, 6.45) is 5.79. The normalized spacial score (nSPS) is 19.2. The molecule has 1 aliphatic carbocycles. The smallest absolute Gasteiger partial charge is 0.253 e. The van der Waals surface area contributed by atoms with E-state index in [0.29, 0.717) is 31.7 Å². The molecule has 1 aromatic carbocycles. The Morgan fingerprint density at radius 1 is 1.08 bits per heavy atom. The van der Waals surface area contributed by atoms with Crippen LogP contribution in [0, 0.1) is 0 Å². The summed E-state index contributed by atoms with van der Waals surface area (Å²) >= 11 is 0. The molecule has 0 saturated carbocycles. The molecule has 1 aliphatic heterocycles. The molecule has 7 heteroatoms. The lowest BCUT2D eigenvalue weighted by atomic mass is 9.95. The molecular formula is C18H23N3O3S. The van der Waals surface area contributed by atoms with Crippen LogP contribution in [0.5, 0.6) is 0 Å². The molecular weight excluding hydrogens is 338 g/mol. The minimum absolute atomic E-state index is 0.0131. The third-order valence-electron chi connectivity index (χ3n) is 5.34. The zero-order valence-electron chi connectivity index (χ0n) is 14.4. The van der Waals surface area contributed by atoms with Crippen molar-refractivity contribution in [2.24, 2.45) is 0 Å². The van der Waals surface area contributed by atoms with Crippen LogP contribution in [-0.4, -0.2) is 60.9 Å². The monoisotopic (exact) mass is 361 g/mol. The Hall–Kier alpha value is -1.86. The summed E-state index contributed by atoms with van der Waals surface area (Å²) in [7, 11) is -3.18. The quantitative estimate of drug-likeness (QED) is 0.886. The van der Waals surface area contributed by atoms with Crippen molar-refractivity contribution in [1.29, 1.82) is 0 Å². The molecule has 0 radical (unpaired) electrons. The lowest BCUT2D eigenvalue weighted by Crippen LogP contribution is -2.50. The van der Waals surface area contributed by atoms with Crippen molar-refractivity contribution < 1.29 is 13.2 Å². The number of carbonyl (C=O) groups excluding carboxylic acids is 1. The number of H-pyrrole nitrogens is 1. The summed E-state index contributed by atoms with van der Waals surface area (Å²) in [5.41, 5.74) is 4.46. The second kappa shape index (κ2) is 6.14. The standard InChI is InChI=1S/C18H23N3O3S/c1-25(23,24)21-10-8-20(9-11-21)18(22)13-6-7-17-15(12-13)14-4-2-3-5-16(14)19-17/h6-7,12,19H,2-5,8-11H2,1H3. The molecule has 1 aromatic heterocycles. The lowest BCUT2D eigenvalue weighted by molar-refractivity contribution is 0.0698. The van der Waals surface area contributed by atoms with E-state index in [9.17, 15) is 13.2 Å². The summed E-state index contributed by atoms with van der Waals surface area (Å²) in [4.78, 5) is 18.1. The summed E-state index contributed by atoms with van der Waals surface area (Å²) in [5.74, 6) is -0.0131. The van der Waals surface area contributed by atoms with Gasteiger partial charge in [-0.2, -0.15) is 4.31 Å². The molecule has 134 valence electrons. The number of rotatable bonds is 2. The fourth-order valence-electron chi connectivity index (χ4n) is 3.94. The maximum Gasteiger partial charge on any atom is 0.253 e. The number of piperazine rings is 1. The molecule has 0 unspecified atom stereocenters. The molecule has 25 heavy (non-hydrogen) atoms. The largest absolute Gasteiger partial charge is 0.358 e. The van der Waals surface area contributed by atoms with E-state index in [2.05, 4.69) is 4.98 Å². The van der Waals surface area contributed by atoms with E-state index in [1.165, 1.54) is 34.7 Å². The van der Waals surface area contributed by atoms with Crippen LogP contribution < -0.4 is 0 Å². The molecule has 0 spiro atoms. The number of aromatic amines is 1. The molecule has 2 aliphatic rings. The van der Waals surface area contributed by atoms with Crippen LogP contribution in [0.4, 0.5) is 0 Å². The average Bonchev–Trinajstić information content (AvgIpc) is 2.98. The highest BCUT2D eigenvalue weighted by Crippen LogP contribution is 2.30. The van der Waals surface area contributed by atoms with Gasteiger partial charge in [0.25, 0.3) is 5.91 Å². The number of aromatic nitrogens is 1. The molecule has 2 heterocycles. The number of benzene rings is 1. The van der Waals surface area contributed by atoms with Crippen LogP contribution in [0.3, 0.4) is 0 Å². The summed E-state index contributed by atoms with van der Waals surface area (Å²) in [5, 5.41) is 1.16. The summed E-state index contributed by atoms with van der Waals surface area (Å²) in [6, 6.07) is 5.87. The Morgan fingerprint density at radius 2 is 1.80 bits per heavy atom. The first-order valence-corrected chi connectivity index (χ1v) is 10.7. The van der Waals surface area contributed by atoms with Crippen molar-refractivity contribution in [2.75, 3.05) is 32.4 Å². The van der Waals surface area contributed by atoms with E-state index >= 15 is 0 Å². The predicted molar refractivity (Wildman–Crippen MR) is 97.3 cm³/mol. The highest BCUT2D eigenvalue weighted by molar-refractivity contribution is 7.88. The van der Waals surface area contributed by atoms with E-state index in [-0.39, 0.29) is 5.91 Å². The van der Waals surface area contributed by atoms with Gasteiger partial charge in [-0.25, -0.2) is 8.42 Å². The number of hydrogen-bond donors (Lipinski definition) is 1. The Morgan fingerprint density at radius 3 is 2.52 bits per heavy atom. The van der Waals surface area contributed by atoms with Gasteiger partial charge < -0.3 is 9.88 Å². The summed E-state index contributed by atoms with van der Waals surface area (Å²) in [6.45, 7) is 1.61. The van der Waals surface area contributed by atoms with Gasteiger partial charge in [0.05, 0.1) is 6.26 Å². The van der Waals surface area contributed by atoms with Gasteiger partial charge in [0.1, 0.15) is 0 Å². The minimum atomic E-state index is -3.18. The Bertz CT molecular complexity index is 924. The maximum absolute atomic E-state index is 12.8. The average molecular weight is 361 g/mol. The van der Waals surface area contributed by atoms with Gasteiger partial charge in [-0.3, -0.25) is 4.79 Å². The van der Waals surface area contributed by atoms with Crippen LogP contribution in [-0.2, 0) is 22.9 Å². The van der Waals surface area contributed by atoms with Crippen molar-refractivity contribution in [3.05, 3.63) is 35.0 Å². The van der Waals surface area contributed by atoms with Crippen molar-refractivity contribution in [2.45, 2.75) is 25.7 Å². The highest BCUT2D eigenvalue weighted by Gasteiger charge is 2.27. The third kappa shape index (κ3) is 3.06. The van der Waals surface area contributed by atoms with Crippen LogP contribution in [0.2, 0.25) is 0 Å². The van der Waals surface area contributed by atoms with Gasteiger partial charge in [0.2, 0.25) is 10.0 Å². The molecule has 1 amide bonds. The Kier molecular flexibility index (Phi) is 4.08. The molecule has 4 rings (SSSR count). The molecule has 1 fully saturated rings. The molecule has 2 aromatic rings. The van der Waals surface area contributed by atoms with Gasteiger partial charge in [0, 0.05) is 48.3 Å². The number of fused-ring (bicyclic) bond motifs is 3. The second-order valence-electron chi connectivity index (χ2n) is 7.00. The van der Waals surface area contributed by atoms with E-state index in [1.807, 2.05) is 18.2 Å². The number of sulfonamides is 1. The molecule has 1 saturated heterocycles. The lowest BCUT2D eigenvalue weighted by Gasteiger charge is -2.33. The van der Waals surface area contributed by atoms with Crippen LogP contribution in [0.15, 0.2) is 18.2 Å². The SMILES string of the molecule is CS(=O)(=O)N1CCN(C(=O)c2ccc3[nH]c4c(c3c2)CCCC4)CC1. The van der Waals surface area contributed by atoms with Crippen molar-refractivity contribution >= 4 is 26.8 Å². The van der Waals surface area contributed by atoms with E-state index < -0.39 is 10.0 Å². The van der Waals surface area contributed by atoms with E-state index in [0.717, 1.165) is 23.7 Å². The van der Waals surface area contributed by atoms with Gasteiger partial charge in [0.15, 0.2) is 0 Å². The number of amides is 1. The second-order valence-corrected chi connectivity index (χ2v) is 8.99. The Labute approximate surface area is 147 Å². The molecule has 6 nitrogen and oxygen atoms in total. The maximum atomic E-state index is 12.8. The third-order valence-corrected chi connectivity index (χ3v) is 6.64. The van der Waals surface area contributed by atoms with Crippen LogP contribution >= 0.6 is 0 Å². The number of hydrogen-bond acceptors (Lipinski definition) is 3. The predicted octanol–water partition coefficient (Wildman–Crippen LogP) is 1.76. The number of nitrogens with zero attached hydrogens (tertiary/aromatic N) is 2. The summed E-state index contributed by atoms with van der Waals surface area (Å²) < 4.78 is 24.6. The Balaban J connectivity index is 1.56. The fourth-order valence-corrected chi connectivity index (χ4v) is 4.77.